The number of nitrogens with one attached hydrogen (secondary N) is 1. The summed E-state index contributed by atoms with van der Waals surface area (Å²) in [7, 11) is 2.10. The van der Waals surface area contributed by atoms with Gasteiger partial charge in [0, 0.05) is 43.2 Å². The van der Waals surface area contributed by atoms with Crippen molar-refractivity contribution in [3.63, 3.8) is 0 Å². The van der Waals surface area contributed by atoms with Crippen LogP contribution >= 0.6 is 0 Å². The molecule has 1 aromatic heterocycles. The van der Waals surface area contributed by atoms with Gasteiger partial charge in [0.25, 0.3) is 0 Å². The zero-order valence-electron chi connectivity index (χ0n) is 8.75. The van der Waals surface area contributed by atoms with E-state index in [1.54, 1.807) is 6.07 Å². The normalized spacial score (nSPS) is 15.5. The average Bonchev–Trinajstić information content (AvgIpc) is 2.54. The highest BCUT2D eigenvalue weighted by Gasteiger charge is 2.17. The van der Waals surface area contributed by atoms with E-state index in [1.807, 2.05) is 12.1 Å². The van der Waals surface area contributed by atoms with Crippen LogP contribution in [0.15, 0.2) is 18.2 Å². The van der Waals surface area contributed by atoms with Gasteiger partial charge < -0.3 is 15.0 Å². The lowest BCUT2D eigenvalue weighted by Gasteiger charge is -2.14. The molecule has 3 heteroatoms. The molecule has 0 bridgehead atoms. The first-order chi connectivity index (χ1) is 7.27. The fraction of sp³-hybridized carbons (Fsp3) is 0.333. The molecule has 0 fully saturated rings. The third-order valence-corrected chi connectivity index (χ3v) is 3.26. The standard InChI is InChI=1S/C12H14N2O/c1-14-11-3-2-8(15)6-9(11)10-7-13-5-4-12(10)14/h2-3,6,13,15H,4-5,7H2,1H3. The van der Waals surface area contributed by atoms with E-state index in [1.165, 1.54) is 22.2 Å². The van der Waals surface area contributed by atoms with Gasteiger partial charge in [-0.05, 0) is 23.8 Å². The first-order valence-corrected chi connectivity index (χ1v) is 5.27. The SMILES string of the molecule is Cn1c2c(c3cc(O)ccc31)CNCC2. The minimum atomic E-state index is 0.349. The van der Waals surface area contributed by atoms with E-state index < -0.39 is 0 Å². The summed E-state index contributed by atoms with van der Waals surface area (Å²) in [5, 5.41) is 14.1. The number of rotatable bonds is 0. The first-order valence-electron chi connectivity index (χ1n) is 5.27. The second-order valence-corrected chi connectivity index (χ2v) is 4.11. The van der Waals surface area contributed by atoms with Crippen LogP contribution in [0.25, 0.3) is 10.9 Å². The highest BCUT2D eigenvalue weighted by Crippen LogP contribution is 2.29. The molecule has 1 aromatic carbocycles. The Morgan fingerprint density at radius 2 is 2.27 bits per heavy atom. The highest BCUT2D eigenvalue weighted by atomic mass is 16.3. The van der Waals surface area contributed by atoms with Gasteiger partial charge in [-0.1, -0.05) is 0 Å². The van der Waals surface area contributed by atoms with Gasteiger partial charge in [-0.2, -0.15) is 0 Å². The number of phenolic OH excluding ortho intramolecular Hbond substituents is 1. The number of nitrogens with zero attached hydrogens (tertiary/aromatic N) is 1. The van der Waals surface area contributed by atoms with Gasteiger partial charge in [0.05, 0.1) is 0 Å². The van der Waals surface area contributed by atoms with Crippen molar-refractivity contribution in [2.75, 3.05) is 6.54 Å². The topological polar surface area (TPSA) is 37.2 Å². The Bertz CT molecular complexity index is 528. The molecule has 2 aromatic rings. The Balaban J connectivity index is 2.39. The van der Waals surface area contributed by atoms with Crippen LogP contribution in [0.4, 0.5) is 0 Å². The van der Waals surface area contributed by atoms with Gasteiger partial charge in [0.2, 0.25) is 0 Å². The molecule has 1 aliphatic heterocycles. The molecule has 3 rings (SSSR count). The van der Waals surface area contributed by atoms with Crippen LogP contribution in [0.2, 0.25) is 0 Å². The molecule has 1 aliphatic rings. The van der Waals surface area contributed by atoms with Crippen molar-refractivity contribution in [3.05, 3.63) is 29.5 Å². The van der Waals surface area contributed by atoms with Crippen LogP contribution < -0.4 is 5.32 Å². The number of hydrogen-bond acceptors (Lipinski definition) is 2. The second kappa shape index (κ2) is 3.00. The number of hydrogen-bond donors (Lipinski definition) is 2. The van der Waals surface area contributed by atoms with E-state index in [-0.39, 0.29) is 0 Å². The number of aromatic nitrogens is 1. The van der Waals surface area contributed by atoms with Crippen LogP contribution in [0.1, 0.15) is 11.3 Å². The number of benzene rings is 1. The van der Waals surface area contributed by atoms with Crippen molar-refractivity contribution < 1.29 is 5.11 Å². The van der Waals surface area contributed by atoms with Crippen LogP contribution in [0, 0.1) is 0 Å². The van der Waals surface area contributed by atoms with E-state index in [9.17, 15) is 5.11 Å². The lowest BCUT2D eigenvalue weighted by molar-refractivity contribution is 0.476. The van der Waals surface area contributed by atoms with Crippen molar-refractivity contribution in [2.24, 2.45) is 7.05 Å². The lowest BCUT2D eigenvalue weighted by Crippen LogP contribution is -2.24. The van der Waals surface area contributed by atoms with Crippen molar-refractivity contribution in [2.45, 2.75) is 13.0 Å². The van der Waals surface area contributed by atoms with E-state index in [0.717, 1.165) is 19.5 Å². The molecule has 0 amide bonds. The summed E-state index contributed by atoms with van der Waals surface area (Å²) in [5.41, 5.74) is 3.95. The average molecular weight is 202 g/mol. The molecular formula is C12H14N2O. The number of phenols is 1. The Morgan fingerprint density at radius 1 is 1.40 bits per heavy atom. The van der Waals surface area contributed by atoms with E-state index >= 15 is 0 Å². The Morgan fingerprint density at radius 3 is 3.13 bits per heavy atom. The molecule has 0 atom stereocenters. The highest BCUT2D eigenvalue weighted by molar-refractivity contribution is 5.87. The summed E-state index contributed by atoms with van der Waals surface area (Å²) in [6.45, 7) is 1.96. The van der Waals surface area contributed by atoms with Gasteiger partial charge in [0.15, 0.2) is 0 Å². The van der Waals surface area contributed by atoms with Crippen molar-refractivity contribution >= 4 is 10.9 Å². The Hall–Kier alpha value is -1.48. The summed E-state index contributed by atoms with van der Waals surface area (Å²) in [4.78, 5) is 0. The molecule has 0 spiro atoms. The van der Waals surface area contributed by atoms with Crippen LogP contribution in [-0.2, 0) is 20.0 Å². The molecule has 15 heavy (non-hydrogen) atoms. The summed E-state index contributed by atoms with van der Waals surface area (Å²) >= 11 is 0. The molecule has 0 unspecified atom stereocenters. The summed E-state index contributed by atoms with van der Waals surface area (Å²) < 4.78 is 2.24. The minimum absolute atomic E-state index is 0.349. The quantitative estimate of drug-likeness (QED) is 0.679. The van der Waals surface area contributed by atoms with E-state index in [0.29, 0.717) is 5.75 Å². The predicted molar refractivity (Wildman–Crippen MR) is 60.0 cm³/mol. The van der Waals surface area contributed by atoms with Crippen LogP contribution in [0.5, 0.6) is 5.75 Å². The zero-order valence-corrected chi connectivity index (χ0v) is 8.75. The molecule has 2 N–H and O–H groups in total. The monoisotopic (exact) mass is 202 g/mol. The second-order valence-electron chi connectivity index (χ2n) is 4.11. The largest absolute Gasteiger partial charge is 0.508 e. The van der Waals surface area contributed by atoms with E-state index in [2.05, 4.69) is 16.9 Å². The van der Waals surface area contributed by atoms with Gasteiger partial charge in [-0.3, -0.25) is 0 Å². The number of aromatic hydroxyl groups is 1. The molecule has 0 saturated heterocycles. The van der Waals surface area contributed by atoms with Gasteiger partial charge >= 0.3 is 0 Å². The zero-order chi connectivity index (χ0) is 10.4. The van der Waals surface area contributed by atoms with E-state index in [4.69, 9.17) is 0 Å². The summed E-state index contributed by atoms with van der Waals surface area (Å²) in [5.74, 6) is 0.349. The van der Waals surface area contributed by atoms with Gasteiger partial charge in [-0.25, -0.2) is 0 Å². The molecule has 3 nitrogen and oxygen atoms in total. The third kappa shape index (κ3) is 1.16. The Labute approximate surface area is 88.3 Å². The maximum atomic E-state index is 9.51. The third-order valence-electron chi connectivity index (χ3n) is 3.26. The minimum Gasteiger partial charge on any atom is -0.508 e. The lowest BCUT2D eigenvalue weighted by atomic mass is 10.1. The van der Waals surface area contributed by atoms with Crippen molar-refractivity contribution in [1.29, 1.82) is 0 Å². The van der Waals surface area contributed by atoms with Gasteiger partial charge in [0.1, 0.15) is 5.75 Å². The molecule has 2 heterocycles. The smallest absolute Gasteiger partial charge is 0.116 e. The predicted octanol–water partition coefficient (Wildman–Crippen LogP) is 1.53. The fourth-order valence-electron chi connectivity index (χ4n) is 2.50. The maximum absolute atomic E-state index is 9.51. The van der Waals surface area contributed by atoms with Crippen molar-refractivity contribution in [3.8, 4) is 5.75 Å². The molecule has 0 saturated carbocycles. The first kappa shape index (κ1) is 8.80. The molecule has 0 aliphatic carbocycles. The number of fused-ring (bicyclic) bond motifs is 3. The van der Waals surface area contributed by atoms with Crippen LogP contribution in [0.3, 0.4) is 0 Å². The van der Waals surface area contributed by atoms with Crippen LogP contribution in [-0.4, -0.2) is 16.2 Å². The van der Waals surface area contributed by atoms with Crippen molar-refractivity contribution in [1.82, 2.24) is 9.88 Å². The molecule has 0 radical (unpaired) electrons. The Kier molecular flexibility index (Phi) is 1.76. The number of aryl methyl sites for hydroxylation is 1. The van der Waals surface area contributed by atoms with Gasteiger partial charge in [-0.15, -0.1) is 0 Å². The molecule has 78 valence electrons. The maximum Gasteiger partial charge on any atom is 0.116 e. The summed E-state index contributed by atoms with van der Waals surface area (Å²) in [6, 6.07) is 5.60. The molecular weight excluding hydrogens is 188 g/mol. The summed E-state index contributed by atoms with van der Waals surface area (Å²) in [6.07, 6.45) is 1.07. The fourth-order valence-corrected chi connectivity index (χ4v) is 2.50.